The van der Waals surface area contributed by atoms with Gasteiger partial charge in [0.05, 0.1) is 0 Å². The predicted molar refractivity (Wildman–Crippen MR) is 44.8 cm³/mol. The molecule has 1 aromatic carbocycles. The molecule has 2 aromatic rings. The summed E-state index contributed by atoms with van der Waals surface area (Å²) in [5, 5.41) is 8.70. The Labute approximate surface area is 69.7 Å². The molecule has 1 aromatic heterocycles. The normalized spacial score (nSPS) is 10.8. The maximum Gasteiger partial charge on any atom is 0.181 e. The van der Waals surface area contributed by atoms with Crippen LogP contribution < -0.4 is 0 Å². The second-order valence-electron chi connectivity index (χ2n) is 2.63. The van der Waals surface area contributed by atoms with E-state index in [1.165, 1.54) is 6.39 Å². The van der Waals surface area contributed by atoms with Crippen molar-refractivity contribution in [2.45, 2.75) is 6.42 Å². The quantitative estimate of drug-likeness (QED) is 0.727. The van der Waals surface area contributed by atoms with Crippen molar-refractivity contribution in [2.24, 2.45) is 0 Å². The fraction of sp³-hybridized carbons (Fsp3) is 0.222. The van der Waals surface area contributed by atoms with Crippen molar-refractivity contribution in [2.75, 3.05) is 6.61 Å². The van der Waals surface area contributed by atoms with Crippen molar-refractivity contribution in [3.8, 4) is 0 Å². The van der Waals surface area contributed by atoms with E-state index in [0.29, 0.717) is 6.42 Å². The number of aromatic nitrogens is 1. The molecule has 1 N–H and O–H groups in total. The minimum Gasteiger partial charge on any atom is -0.443 e. The molecule has 3 heteroatoms. The zero-order valence-corrected chi connectivity index (χ0v) is 6.53. The summed E-state index contributed by atoms with van der Waals surface area (Å²) in [6.07, 6.45) is 2.09. The van der Waals surface area contributed by atoms with Crippen LogP contribution in [-0.2, 0) is 6.42 Å². The third-order valence-corrected chi connectivity index (χ3v) is 1.80. The molecule has 0 bridgehead atoms. The number of nitrogens with zero attached hydrogens (tertiary/aromatic N) is 1. The van der Waals surface area contributed by atoms with Gasteiger partial charge in [-0.2, -0.15) is 0 Å². The van der Waals surface area contributed by atoms with E-state index in [1.54, 1.807) is 0 Å². The summed E-state index contributed by atoms with van der Waals surface area (Å²) in [6.45, 7) is 0.166. The molecular weight excluding hydrogens is 154 g/mol. The number of benzene rings is 1. The molecule has 3 nitrogen and oxygen atoms in total. The van der Waals surface area contributed by atoms with E-state index < -0.39 is 0 Å². The molecule has 0 atom stereocenters. The maximum atomic E-state index is 8.70. The molecule has 0 aliphatic carbocycles. The molecule has 0 amide bonds. The fourth-order valence-electron chi connectivity index (χ4n) is 1.18. The lowest BCUT2D eigenvalue weighted by Gasteiger charge is -1.95. The molecule has 0 aliphatic rings. The first-order chi connectivity index (χ1) is 5.90. The van der Waals surface area contributed by atoms with Crippen LogP contribution in [0.4, 0.5) is 0 Å². The molecule has 0 spiro atoms. The molecule has 2 rings (SSSR count). The van der Waals surface area contributed by atoms with Crippen LogP contribution in [0.15, 0.2) is 29.0 Å². The van der Waals surface area contributed by atoms with Crippen molar-refractivity contribution in [3.05, 3.63) is 30.2 Å². The van der Waals surface area contributed by atoms with Crippen LogP contribution >= 0.6 is 0 Å². The van der Waals surface area contributed by atoms with E-state index in [0.717, 1.165) is 16.7 Å². The van der Waals surface area contributed by atoms with Crippen LogP contribution in [0, 0.1) is 0 Å². The molecule has 0 saturated heterocycles. The lowest BCUT2D eigenvalue weighted by atomic mass is 10.1. The van der Waals surface area contributed by atoms with Gasteiger partial charge in [-0.15, -0.1) is 0 Å². The number of fused-ring (bicyclic) bond motifs is 1. The number of hydrogen-bond acceptors (Lipinski definition) is 3. The summed E-state index contributed by atoms with van der Waals surface area (Å²) in [7, 11) is 0. The summed E-state index contributed by atoms with van der Waals surface area (Å²) in [6, 6.07) is 5.74. The molecule has 0 unspecified atom stereocenters. The Kier molecular flexibility index (Phi) is 1.80. The highest BCUT2D eigenvalue weighted by molar-refractivity contribution is 5.72. The molecule has 0 radical (unpaired) electrons. The molecular formula is C9H9NO2. The largest absolute Gasteiger partial charge is 0.443 e. The molecule has 0 saturated carbocycles. The van der Waals surface area contributed by atoms with E-state index in [1.807, 2.05) is 18.2 Å². The molecule has 0 fully saturated rings. The second kappa shape index (κ2) is 2.95. The van der Waals surface area contributed by atoms with E-state index in [9.17, 15) is 0 Å². The van der Waals surface area contributed by atoms with E-state index >= 15 is 0 Å². The minimum atomic E-state index is 0.166. The fourth-order valence-corrected chi connectivity index (χ4v) is 1.18. The Morgan fingerprint density at radius 2 is 2.33 bits per heavy atom. The van der Waals surface area contributed by atoms with Crippen LogP contribution in [0.3, 0.4) is 0 Å². The summed E-state index contributed by atoms with van der Waals surface area (Å²) < 4.78 is 5.11. The average molecular weight is 163 g/mol. The first-order valence-electron chi connectivity index (χ1n) is 3.83. The topological polar surface area (TPSA) is 46.3 Å². The zero-order chi connectivity index (χ0) is 8.39. The number of hydrogen-bond donors (Lipinski definition) is 1. The molecule has 0 aliphatic heterocycles. The average Bonchev–Trinajstić information content (AvgIpc) is 2.51. The second-order valence-corrected chi connectivity index (χ2v) is 2.63. The van der Waals surface area contributed by atoms with Gasteiger partial charge in [0.25, 0.3) is 0 Å². The Bertz CT molecular complexity index is 381. The van der Waals surface area contributed by atoms with Gasteiger partial charge in [0, 0.05) is 6.61 Å². The predicted octanol–water partition coefficient (Wildman–Crippen LogP) is 1.36. The number of aliphatic hydroxyl groups excluding tert-OH is 1. The summed E-state index contributed by atoms with van der Waals surface area (Å²) >= 11 is 0. The highest BCUT2D eigenvalue weighted by Gasteiger charge is 1.98. The highest BCUT2D eigenvalue weighted by atomic mass is 16.3. The number of oxazole rings is 1. The molecule has 62 valence electrons. The Hall–Kier alpha value is -1.35. The van der Waals surface area contributed by atoms with Gasteiger partial charge in [-0.05, 0) is 24.1 Å². The van der Waals surface area contributed by atoms with Gasteiger partial charge < -0.3 is 9.52 Å². The van der Waals surface area contributed by atoms with Crippen molar-refractivity contribution in [3.63, 3.8) is 0 Å². The summed E-state index contributed by atoms with van der Waals surface area (Å²) in [4.78, 5) is 3.99. The van der Waals surface area contributed by atoms with Crippen molar-refractivity contribution < 1.29 is 9.52 Å². The van der Waals surface area contributed by atoms with E-state index in [2.05, 4.69) is 4.98 Å². The smallest absolute Gasteiger partial charge is 0.181 e. The lowest BCUT2D eigenvalue weighted by molar-refractivity contribution is 0.299. The highest BCUT2D eigenvalue weighted by Crippen LogP contribution is 2.14. The summed E-state index contributed by atoms with van der Waals surface area (Å²) in [5.41, 5.74) is 2.71. The van der Waals surface area contributed by atoms with Gasteiger partial charge in [0.2, 0.25) is 0 Å². The third kappa shape index (κ3) is 1.19. The van der Waals surface area contributed by atoms with E-state index in [-0.39, 0.29) is 6.61 Å². The monoisotopic (exact) mass is 163 g/mol. The van der Waals surface area contributed by atoms with Gasteiger partial charge >= 0.3 is 0 Å². The van der Waals surface area contributed by atoms with Crippen LogP contribution in [0.25, 0.3) is 11.1 Å². The van der Waals surface area contributed by atoms with Crippen molar-refractivity contribution >= 4 is 11.1 Å². The molecule has 1 heterocycles. The number of aliphatic hydroxyl groups is 1. The standard InChI is InChI=1S/C9H9NO2/c11-4-3-7-1-2-8-9(5-7)12-6-10-8/h1-2,5-6,11H,3-4H2. The van der Waals surface area contributed by atoms with Crippen LogP contribution in [0.5, 0.6) is 0 Å². The minimum absolute atomic E-state index is 0.166. The maximum absolute atomic E-state index is 8.70. The van der Waals surface area contributed by atoms with Crippen LogP contribution in [0.2, 0.25) is 0 Å². The van der Waals surface area contributed by atoms with Crippen LogP contribution in [-0.4, -0.2) is 16.7 Å². The third-order valence-electron chi connectivity index (χ3n) is 1.80. The zero-order valence-electron chi connectivity index (χ0n) is 6.53. The Morgan fingerprint density at radius 3 is 3.17 bits per heavy atom. The van der Waals surface area contributed by atoms with Gasteiger partial charge in [-0.3, -0.25) is 0 Å². The SMILES string of the molecule is OCCc1ccc2ncoc2c1. The van der Waals surface area contributed by atoms with Crippen molar-refractivity contribution in [1.29, 1.82) is 0 Å². The Morgan fingerprint density at radius 1 is 1.42 bits per heavy atom. The van der Waals surface area contributed by atoms with Crippen molar-refractivity contribution in [1.82, 2.24) is 4.98 Å². The summed E-state index contributed by atoms with van der Waals surface area (Å²) in [5.74, 6) is 0. The number of rotatable bonds is 2. The first kappa shape index (κ1) is 7.31. The lowest BCUT2D eigenvalue weighted by Crippen LogP contribution is -1.89. The van der Waals surface area contributed by atoms with Gasteiger partial charge in [0.15, 0.2) is 12.0 Å². The van der Waals surface area contributed by atoms with Crippen LogP contribution in [0.1, 0.15) is 5.56 Å². The van der Waals surface area contributed by atoms with Gasteiger partial charge in [0.1, 0.15) is 5.52 Å². The van der Waals surface area contributed by atoms with Gasteiger partial charge in [-0.1, -0.05) is 6.07 Å². The first-order valence-corrected chi connectivity index (χ1v) is 3.83. The van der Waals surface area contributed by atoms with Gasteiger partial charge in [-0.25, -0.2) is 4.98 Å². The van der Waals surface area contributed by atoms with E-state index in [4.69, 9.17) is 9.52 Å². The Balaban J connectivity index is 2.46. The molecule has 12 heavy (non-hydrogen) atoms.